The first-order valence-electron chi connectivity index (χ1n) is 12.6. The van der Waals surface area contributed by atoms with Gasteiger partial charge in [-0.15, -0.1) is 0 Å². The van der Waals surface area contributed by atoms with Crippen molar-refractivity contribution in [3.63, 3.8) is 0 Å². The molecule has 5 amide bonds. The summed E-state index contributed by atoms with van der Waals surface area (Å²) < 4.78 is 39.5. The first-order chi connectivity index (χ1) is 17.8. The number of nitrogens with zero attached hydrogens (tertiary/aromatic N) is 3. The number of imide groups is 2. The Bertz CT molecular complexity index is 1320. The van der Waals surface area contributed by atoms with E-state index in [9.17, 15) is 32.3 Å². The summed E-state index contributed by atoms with van der Waals surface area (Å²) in [6.07, 6.45) is -4.46. The van der Waals surface area contributed by atoms with E-state index in [1.54, 1.807) is 19.1 Å². The Morgan fingerprint density at radius 2 is 1.53 bits per heavy atom. The number of carbonyl (C=O) groups is 4. The molecule has 0 unspecified atom stereocenters. The Hall–Kier alpha value is -3.69. The summed E-state index contributed by atoms with van der Waals surface area (Å²) in [7, 11) is 0. The fraction of sp³-hybridized carbons (Fsp3) is 0.429. The summed E-state index contributed by atoms with van der Waals surface area (Å²) in [5, 5.41) is 0. The maximum absolute atomic E-state index is 14.3. The van der Waals surface area contributed by atoms with E-state index in [4.69, 9.17) is 0 Å². The largest absolute Gasteiger partial charge is 0.416 e. The minimum absolute atomic E-state index is 0.0196. The van der Waals surface area contributed by atoms with E-state index >= 15 is 0 Å². The predicted octanol–water partition coefficient (Wildman–Crippen LogP) is 4.94. The summed E-state index contributed by atoms with van der Waals surface area (Å²) in [6, 6.07) is 9.41. The van der Waals surface area contributed by atoms with Crippen LogP contribution in [0.25, 0.3) is 0 Å². The topological polar surface area (TPSA) is 78.0 Å². The van der Waals surface area contributed by atoms with E-state index in [2.05, 4.69) is 0 Å². The second-order valence-electron chi connectivity index (χ2n) is 10.6. The highest BCUT2D eigenvalue weighted by Gasteiger charge is 2.77. The highest BCUT2D eigenvalue weighted by atomic mass is 19.4. The van der Waals surface area contributed by atoms with Crippen LogP contribution < -0.4 is 4.90 Å². The molecular formula is C28H28F3N3O4. The number of anilines is 1. The van der Waals surface area contributed by atoms with Crippen LogP contribution in [0, 0.1) is 24.7 Å². The van der Waals surface area contributed by atoms with E-state index in [0.29, 0.717) is 5.56 Å². The Morgan fingerprint density at radius 3 is 2.05 bits per heavy atom. The van der Waals surface area contributed by atoms with Gasteiger partial charge in [0.25, 0.3) is 5.91 Å². The average molecular weight is 528 g/mol. The molecule has 0 spiro atoms. The summed E-state index contributed by atoms with van der Waals surface area (Å²) in [4.78, 5) is 59.1. The van der Waals surface area contributed by atoms with Crippen molar-refractivity contribution in [3.05, 3.63) is 65.2 Å². The molecule has 0 aliphatic carbocycles. The van der Waals surface area contributed by atoms with Crippen LogP contribution in [-0.2, 0) is 20.6 Å². The van der Waals surface area contributed by atoms with E-state index in [1.807, 2.05) is 32.9 Å². The van der Waals surface area contributed by atoms with Crippen molar-refractivity contribution < 1.29 is 32.3 Å². The molecule has 0 N–H and O–H groups in total. The third-order valence-corrected chi connectivity index (χ3v) is 7.88. The molecule has 7 nitrogen and oxygen atoms in total. The zero-order valence-corrected chi connectivity index (χ0v) is 21.5. The number of rotatable bonds is 5. The highest BCUT2D eigenvalue weighted by molar-refractivity contribution is 6.26. The molecule has 3 saturated heterocycles. The van der Waals surface area contributed by atoms with Crippen LogP contribution in [0.1, 0.15) is 49.9 Å². The quantitative estimate of drug-likeness (QED) is 0.408. The summed E-state index contributed by atoms with van der Waals surface area (Å²) in [5.74, 6) is -3.80. The molecule has 3 aliphatic rings. The summed E-state index contributed by atoms with van der Waals surface area (Å²) in [5.41, 5.74) is -1.01. The molecule has 3 heterocycles. The number of amides is 5. The number of hydrogen-bond donors (Lipinski definition) is 0. The number of aryl methyl sites for hydroxylation is 1. The average Bonchev–Trinajstić information content (AvgIpc) is 3.36. The minimum atomic E-state index is -4.58. The van der Waals surface area contributed by atoms with Gasteiger partial charge in [-0.25, -0.2) is 9.69 Å². The van der Waals surface area contributed by atoms with Crippen LogP contribution in [0.2, 0.25) is 0 Å². The van der Waals surface area contributed by atoms with Crippen molar-refractivity contribution in [2.45, 2.75) is 51.9 Å². The van der Waals surface area contributed by atoms with Gasteiger partial charge in [0, 0.05) is 6.54 Å². The monoisotopic (exact) mass is 527 g/mol. The molecule has 0 bridgehead atoms. The van der Waals surface area contributed by atoms with Crippen LogP contribution in [-0.4, -0.2) is 45.6 Å². The number of benzene rings is 2. The van der Waals surface area contributed by atoms with E-state index in [-0.39, 0.29) is 24.6 Å². The van der Waals surface area contributed by atoms with Gasteiger partial charge < -0.3 is 4.90 Å². The van der Waals surface area contributed by atoms with Crippen LogP contribution >= 0.6 is 0 Å². The molecule has 5 rings (SSSR count). The molecule has 38 heavy (non-hydrogen) atoms. The van der Waals surface area contributed by atoms with Gasteiger partial charge in [-0.3, -0.25) is 19.3 Å². The van der Waals surface area contributed by atoms with Gasteiger partial charge in [-0.1, -0.05) is 43.7 Å². The number of alkyl halides is 3. The molecule has 2 aromatic rings. The molecular weight excluding hydrogens is 499 g/mol. The fourth-order valence-electron chi connectivity index (χ4n) is 6.44. The van der Waals surface area contributed by atoms with Crippen molar-refractivity contribution in [3.8, 4) is 0 Å². The van der Waals surface area contributed by atoms with Crippen molar-refractivity contribution >= 4 is 29.4 Å². The molecule has 3 fully saturated rings. The first-order valence-corrected chi connectivity index (χ1v) is 12.6. The number of likely N-dealkylation sites (tertiary alicyclic amines) is 1. The SMILES string of the molecule is CCN1C(=O)[C@H]2[C@@H](c3ccc(C)cc3)N3C(=O)N(c4ccc(C(F)(F)F)cc4)C(=O)[C@@]3(CC(C)C)[C@H]2C1=O. The highest BCUT2D eigenvalue weighted by Crippen LogP contribution is 2.60. The molecule has 0 saturated carbocycles. The first kappa shape index (κ1) is 25.9. The van der Waals surface area contributed by atoms with Gasteiger partial charge >= 0.3 is 12.2 Å². The molecule has 10 heteroatoms. The van der Waals surface area contributed by atoms with Gasteiger partial charge in [-0.2, -0.15) is 13.2 Å². The van der Waals surface area contributed by atoms with Crippen LogP contribution in [0.5, 0.6) is 0 Å². The van der Waals surface area contributed by atoms with Crippen molar-refractivity contribution in [2.24, 2.45) is 17.8 Å². The standard InChI is InChI=1S/C28H28F3N3O4/c1-5-32-23(35)20-21(24(32)36)27(14-15(2)3)25(37)33(19-12-10-18(11-13-19)28(29,30)31)26(38)34(27)22(20)17-8-6-16(4)7-9-17/h6-13,15,20-22H,5,14H2,1-4H3/t20-,21-,22-,27-/m1/s1. The van der Waals surface area contributed by atoms with Crippen molar-refractivity contribution in [2.75, 3.05) is 11.4 Å². The van der Waals surface area contributed by atoms with E-state index in [1.165, 1.54) is 4.90 Å². The number of hydrogen-bond acceptors (Lipinski definition) is 4. The number of carbonyl (C=O) groups excluding carboxylic acids is 4. The van der Waals surface area contributed by atoms with Gasteiger partial charge in [0.2, 0.25) is 11.8 Å². The third kappa shape index (κ3) is 3.49. The lowest BCUT2D eigenvalue weighted by atomic mass is 9.74. The minimum Gasteiger partial charge on any atom is -0.300 e. The zero-order chi connectivity index (χ0) is 27.7. The second kappa shape index (κ2) is 8.68. The van der Waals surface area contributed by atoms with Crippen molar-refractivity contribution in [1.29, 1.82) is 0 Å². The zero-order valence-electron chi connectivity index (χ0n) is 21.5. The van der Waals surface area contributed by atoms with Gasteiger partial charge in [0.15, 0.2) is 0 Å². The lowest BCUT2D eigenvalue weighted by Gasteiger charge is -2.36. The Labute approximate surface area is 218 Å². The molecule has 2 aromatic carbocycles. The summed E-state index contributed by atoms with van der Waals surface area (Å²) >= 11 is 0. The third-order valence-electron chi connectivity index (χ3n) is 7.88. The maximum atomic E-state index is 14.3. The smallest absolute Gasteiger partial charge is 0.300 e. The molecule has 200 valence electrons. The van der Waals surface area contributed by atoms with Crippen LogP contribution in [0.3, 0.4) is 0 Å². The van der Waals surface area contributed by atoms with E-state index < -0.39 is 58.9 Å². The number of halogens is 3. The fourth-order valence-corrected chi connectivity index (χ4v) is 6.44. The molecule has 3 aliphatic heterocycles. The lowest BCUT2D eigenvalue weighted by molar-refractivity contribution is -0.144. The van der Waals surface area contributed by atoms with Gasteiger partial charge in [-0.05, 0) is 56.0 Å². The van der Waals surface area contributed by atoms with E-state index in [0.717, 1.165) is 39.6 Å². The van der Waals surface area contributed by atoms with Gasteiger partial charge in [0.1, 0.15) is 5.54 Å². The molecule has 0 aromatic heterocycles. The molecule has 4 atom stereocenters. The maximum Gasteiger partial charge on any atom is 0.416 e. The van der Waals surface area contributed by atoms with Crippen LogP contribution in [0.15, 0.2) is 48.5 Å². The lowest BCUT2D eigenvalue weighted by Crippen LogP contribution is -2.54. The predicted molar refractivity (Wildman–Crippen MR) is 132 cm³/mol. The van der Waals surface area contributed by atoms with Crippen LogP contribution in [0.4, 0.5) is 23.7 Å². The molecule has 0 radical (unpaired) electrons. The Kier molecular flexibility index (Phi) is 5.92. The Morgan fingerprint density at radius 1 is 0.921 bits per heavy atom. The number of urea groups is 1. The number of fused-ring (bicyclic) bond motifs is 3. The summed E-state index contributed by atoms with van der Waals surface area (Å²) in [6.45, 7) is 7.43. The van der Waals surface area contributed by atoms with Crippen molar-refractivity contribution in [1.82, 2.24) is 9.80 Å². The normalized spacial score (nSPS) is 27.2. The van der Waals surface area contributed by atoms with Gasteiger partial charge in [0.05, 0.1) is 29.1 Å². The second-order valence-corrected chi connectivity index (χ2v) is 10.6. The Balaban J connectivity index is 1.71.